The van der Waals surface area contributed by atoms with Gasteiger partial charge in [0.15, 0.2) is 0 Å². The molecule has 0 aliphatic heterocycles. The van der Waals surface area contributed by atoms with Crippen molar-refractivity contribution in [3.63, 3.8) is 0 Å². The van der Waals surface area contributed by atoms with Crippen molar-refractivity contribution in [2.75, 3.05) is 6.61 Å². The van der Waals surface area contributed by atoms with E-state index in [0.717, 1.165) is 35.5 Å². The zero-order valence-corrected chi connectivity index (χ0v) is 15.0. The minimum absolute atomic E-state index is 0.0117. The van der Waals surface area contributed by atoms with Crippen molar-refractivity contribution in [2.45, 2.75) is 45.6 Å². The van der Waals surface area contributed by atoms with Crippen molar-refractivity contribution in [1.82, 2.24) is 10.3 Å². The van der Waals surface area contributed by atoms with E-state index in [1.807, 2.05) is 12.3 Å². The maximum atomic E-state index is 12.3. The van der Waals surface area contributed by atoms with Crippen LogP contribution in [0.3, 0.4) is 0 Å². The lowest BCUT2D eigenvalue weighted by molar-refractivity contribution is -0.122. The number of aliphatic hydroxyl groups excluding tert-OH is 1. The van der Waals surface area contributed by atoms with Crippen LogP contribution in [0, 0.1) is 12.3 Å². The van der Waals surface area contributed by atoms with Crippen LogP contribution in [0.25, 0.3) is 10.6 Å². The first kappa shape index (κ1) is 17.1. The first-order valence-electron chi connectivity index (χ1n) is 8.42. The molecule has 1 aromatic heterocycles. The molecule has 3 rings (SSSR count). The molecule has 2 unspecified atom stereocenters. The quantitative estimate of drug-likeness (QED) is 0.874. The topological polar surface area (TPSA) is 62.2 Å². The summed E-state index contributed by atoms with van der Waals surface area (Å²) in [6.45, 7) is 4.22. The minimum atomic E-state index is -0.190. The third-order valence-electron chi connectivity index (χ3n) is 4.97. The summed E-state index contributed by atoms with van der Waals surface area (Å²) in [6, 6.07) is 8.31. The van der Waals surface area contributed by atoms with Gasteiger partial charge >= 0.3 is 0 Å². The maximum absolute atomic E-state index is 12.3. The van der Waals surface area contributed by atoms with Gasteiger partial charge in [0.25, 0.3) is 0 Å². The molecule has 1 heterocycles. The van der Waals surface area contributed by atoms with Crippen molar-refractivity contribution in [1.29, 1.82) is 0 Å². The van der Waals surface area contributed by atoms with Gasteiger partial charge in [-0.05, 0) is 19.8 Å². The van der Waals surface area contributed by atoms with E-state index >= 15 is 0 Å². The van der Waals surface area contributed by atoms with E-state index in [9.17, 15) is 9.90 Å². The maximum Gasteiger partial charge on any atom is 0.226 e. The van der Waals surface area contributed by atoms with E-state index < -0.39 is 0 Å². The van der Waals surface area contributed by atoms with Crippen molar-refractivity contribution in [3.05, 3.63) is 40.9 Å². The van der Waals surface area contributed by atoms with Gasteiger partial charge in [0.2, 0.25) is 5.91 Å². The van der Waals surface area contributed by atoms with Gasteiger partial charge in [-0.1, -0.05) is 43.2 Å². The molecule has 0 saturated heterocycles. The summed E-state index contributed by atoms with van der Waals surface area (Å²) in [7, 11) is 0. The van der Waals surface area contributed by atoms with Crippen LogP contribution in [0.4, 0.5) is 0 Å². The molecule has 24 heavy (non-hydrogen) atoms. The lowest BCUT2D eigenvalue weighted by atomic mass is 9.86. The second-order valence-electron chi connectivity index (χ2n) is 7.01. The Morgan fingerprint density at radius 1 is 1.42 bits per heavy atom. The van der Waals surface area contributed by atoms with E-state index in [1.54, 1.807) is 11.3 Å². The Labute approximate surface area is 146 Å². The number of nitrogens with one attached hydrogen (secondary N) is 1. The molecule has 2 atom stereocenters. The van der Waals surface area contributed by atoms with E-state index in [0.29, 0.717) is 6.42 Å². The molecule has 128 valence electrons. The smallest absolute Gasteiger partial charge is 0.226 e. The van der Waals surface area contributed by atoms with Gasteiger partial charge in [-0.15, -0.1) is 11.3 Å². The first-order valence-corrected chi connectivity index (χ1v) is 9.30. The molecule has 1 aliphatic rings. The van der Waals surface area contributed by atoms with E-state index in [4.69, 9.17) is 0 Å². The monoisotopic (exact) mass is 344 g/mol. The van der Waals surface area contributed by atoms with Crippen molar-refractivity contribution in [3.8, 4) is 10.6 Å². The van der Waals surface area contributed by atoms with Crippen LogP contribution in [-0.2, 0) is 11.2 Å². The molecule has 1 saturated carbocycles. The van der Waals surface area contributed by atoms with Gasteiger partial charge in [0, 0.05) is 22.4 Å². The van der Waals surface area contributed by atoms with Gasteiger partial charge in [-0.25, -0.2) is 4.98 Å². The first-order chi connectivity index (χ1) is 11.5. The van der Waals surface area contributed by atoms with Crippen LogP contribution < -0.4 is 5.32 Å². The molecular formula is C19H24N2O2S. The van der Waals surface area contributed by atoms with Crippen LogP contribution in [-0.4, -0.2) is 28.6 Å². The van der Waals surface area contributed by atoms with Crippen LogP contribution in [0.15, 0.2) is 29.6 Å². The second-order valence-corrected chi connectivity index (χ2v) is 7.87. The summed E-state index contributed by atoms with van der Waals surface area (Å²) in [5, 5.41) is 15.6. The largest absolute Gasteiger partial charge is 0.396 e. The Morgan fingerprint density at radius 2 is 2.17 bits per heavy atom. The molecule has 0 radical (unpaired) electrons. The molecule has 1 aromatic carbocycles. The molecule has 1 fully saturated rings. The highest BCUT2D eigenvalue weighted by molar-refractivity contribution is 7.13. The van der Waals surface area contributed by atoms with Crippen LogP contribution in [0.5, 0.6) is 0 Å². The van der Waals surface area contributed by atoms with E-state index in [2.05, 4.69) is 41.5 Å². The molecule has 4 nitrogen and oxygen atoms in total. The number of hydrogen-bond acceptors (Lipinski definition) is 4. The Morgan fingerprint density at radius 3 is 2.88 bits per heavy atom. The fourth-order valence-corrected chi connectivity index (χ4v) is 4.12. The van der Waals surface area contributed by atoms with Crippen molar-refractivity contribution < 1.29 is 9.90 Å². The molecular weight excluding hydrogens is 320 g/mol. The summed E-state index contributed by atoms with van der Waals surface area (Å²) < 4.78 is 0. The van der Waals surface area contributed by atoms with Gasteiger partial charge in [-0.3, -0.25) is 4.79 Å². The van der Waals surface area contributed by atoms with Crippen LogP contribution >= 0.6 is 11.3 Å². The number of amides is 1. The molecule has 5 heteroatoms. The molecule has 1 amide bonds. The standard InChI is InChI=1S/C19H24N2O2S/c1-13-5-7-14(8-6-13)18-20-15(11-24-18)10-17(23)21-16-4-3-9-19(16,2)12-22/h5-8,11,16,22H,3-4,9-10,12H2,1-2H3,(H,21,23). The van der Waals surface area contributed by atoms with Gasteiger partial charge in [0.1, 0.15) is 5.01 Å². The molecule has 0 spiro atoms. The predicted molar refractivity (Wildman–Crippen MR) is 97.0 cm³/mol. The fourth-order valence-electron chi connectivity index (χ4n) is 3.30. The molecule has 0 bridgehead atoms. The average molecular weight is 344 g/mol. The number of thiazole rings is 1. The Balaban J connectivity index is 1.62. The number of nitrogens with zero attached hydrogens (tertiary/aromatic N) is 1. The normalized spacial score (nSPS) is 23.4. The van der Waals surface area contributed by atoms with Crippen LogP contribution in [0.1, 0.15) is 37.4 Å². The number of aromatic nitrogens is 1. The van der Waals surface area contributed by atoms with E-state index in [1.165, 1.54) is 5.56 Å². The predicted octanol–water partition coefficient (Wildman–Crippen LogP) is 3.33. The van der Waals surface area contributed by atoms with Crippen molar-refractivity contribution in [2.24, 2.45) is 5.41 Å². The number of benzene rings is 1. The Hall–Kier alpha value is -1.72. The van der Waals surface area contributed by atoms with Gasteiger partial charge < -0.3 is 10.4 Å². The molecule has 2 aromatic rings. The van der Waals surface area contributed by atoms with Crippen LogP contribution in [0.2, 0.25) is 0 Å². The third-order valence-corrected chi connectivity index (χ3v) is 5.91. The lowest BCUT2D eigenvalue weighted by Gasteiger charge is -2.30. The Kier molecular flexibility index (Phi) is 5.01. The van der Waals surface area contributed by atoms with Gasteiger partial charge in [0.05, 0.1) is 18.7 Å². The number of hydrogen-bond donors (Lipinski definition) is 2. The number of rotatable bonds is 5. The number of aliphatic hydroxyl groups is 1. The number of aryl methyl sites for hydroxylation is 1. The SMILES string of the molecule is Cc1ccc(-c2nc(CC(=O)NC3CCCC3(C)CO)cs2)cc1. The summed E-state index contributed by atoms with van der Waals surface area (Å²) in [5.74, 6) is -0.0117. The lowest BCUT2D eigenvalue weighted by Crippen LogP contribution is -2.45. The number of carbonyl (C=O) groups is 1. The third kappa shape index (κ3) is 3.68. The number of carbonyl (C=O) groups excluding carboxylic acids is 1. The summed E-state index contributed by atoms with van der Waals surface area (Å²) in [5.41, 5.74) is 2.92. The second kappa shape index (κ2) is 7.03. The highest BCUT2D eigenvalue weighted by Crippen LogP contribution is 2.37. The summed E-state index contributed by atoms with van der Waals surface area (Å²) >= 11 is 1.57. The zero-order valence-electron chi connectivity index (χ0n) is 14.2. The zero-order chi connectivity index (χ0) is 17.2. The highest BCUT2D eigenvalue weighted by atomic mass is 32.1. The summed E-state index contributed by atoms with van der Waals surface area (Å²) in [6.07, 6.45) is 3.24. The average Bonchev–Trinajstić information content (AvgIpc) is 3.16. The van der Waals surface area contributed by atoms with E-state index in [-0.39, 0.29) is 24.0 Å². The van der Waals surface area contributed by atoms with Crippen molar-refractivity contribution >= 4 is 17.2 Å². The summed E-state index contributed by atoms with van der Waals surface area (Å²) in [4.78, 5) is 16.9. The van der Waals surface area contributed by atoms with Gasteiger partial charge in [-0.2, -0.15) is 0 Å². The molecule has 1 aliphatic carbocycles. The molecule has 2 N–H and O–H groups in total. The Bertz CT molecular complexity index is 710. The minimum Gasteiger partial charge on any atom is -0.396 e. The highest BCUT2D eigenvalue weighted by Gasteiger charge is 2.39. The fraction of sp³-hybridized carbons (Fsp3) is 0.474.